The van der Waals surface area contributed by atoms with Gasteiger partial charge in [-0.05, 0) is 49.2 Å². The van der Waals surface area contributed by atoms with Gasteiger partial charge in [0.2, 0.25) is 5.78 Å². The van der Waals surface area contributed by atoms with Crippen molar-refractivity contribution in [3.8, 4) is 11.5 Å². The van der Waals surface area contributed by atoms with Crippen molar-refractivity contribution < 1.29 is 18.7 Å². The average molecular weight is 422 g/mol. The first-order chi connectivity index (χ1) is 14.6. The van der Waals surface area contributed by atoms with Crippen molar-refractivity contribution in [1.29, 1.82) is 0 Å². The summed E-state index contributed by atoms with van der Waals surface area (Å²) in [5, 5.41) is 0.741. The number of benzene rings is 2. The predicted octanol–water partition coefficient (Wildman–Crippen LogP) is 5.25. The molecule has 0 saturated carbocycles. The van der Waals surface area contributed by atoms with Crippen molar-refractivity contribution in [3.63, 3.8) is 0 Å². The Hall–Kier alpha value is -3.02. The van der Waals surface area contributed by atoms with E-state index in [1.807, 2.05) is 37.3 Å². The third-order valence-corrected chi connectivity index (χ3v) is 5.70. The molecule has 0 spiro atoms. The Morgan fingerprint density at radius 2 is 2.00 bits per heavy atom. The fourth-order valence-corrected chi connectivity index (χ4v) is 4.01. The molecular weight excluding hydrogens is 402 g/mol. The maximum Gasteiger partial charge on any atom is 0.232 e. The molecule has 6 heteroatoms. The summed E-state index contributed by atoms with van der Waals surface area (Å²) in [4.78, 5) is 15.1. The minimum atomic E-state index is -0.134. The molecule has 0 bridgehead atoms. The third-order valence-electron chi connectivity index (χ3n) is 5.45. The second-order valence-electron chi connectivity index (χ2n) is 7.52. The van der Waals surface area contributed by atoms with Crippen LogP contribution < -0.4 is 9.47 Å². The molecule has 0 aliphatic carbocycles. The fourth-order valence-electron chi connectivity index (χ4n) is 3.88. The topological polar surface area (TPSA) is 51.9 Å². The Balaban J connectivity index is 1.35. The molecule has 0 saturated heterocycles. The average Bonchev–Trinajstić information content (AvgIpc) is 3.37. The molecule has 2 aliphatic rings. The summed E-state index contributed by atoms with van der Waals surface area (Å²) in [6.07, 6.45) is 4.09. The zero-order valence-electron chi connectivity index (χ0n) is 16.5. The molecule has 0 radical (unpaired) electrons. The molecule has 152 valence electrons. The summed E-state index contributed by atoms with van der Waals surface area (Å²) in [5.74, 6) is 2.10. The Kier molecular flexibility index (Phi) is 4.85. The van der Waals surface area contributed by atoms with Crippen LogP contribution in [0.2, 0.25) is 5.02 Å². The molecule has 3 heterocycles. The molecule has 5 nitrogen and oxygen atoms in total. The summed E-state index contributed by atoms with van der Waals surface area (Å²) in [6, 6.07) is 13.4. The van der Waals surface area contributed by atoms with Gasteiger partial charge in [-0.15, -0.1) is 0 Å². The molecule has 0 atom stereocenters. The quantitative estimate of drug-likeness (QED) is 0.538. The van der Waals surface area contributed by atoms with Crippen LogP contribution in [0.3, 0.4) is 0 Å². The van der Waals surface area contributed by atoms with Gasteiger partial charge in [0.1, 0.15) is 24.0 Å². The molecule has 0 unspecified atom stereocenters. The monoisotopic (exact) mass is 421 g/mol. The smallest absolute Gasteiger partial charge is 0.232 e. The van der Waals surface area contributed by atoms with Gasteiger partial charge in [0, 0.05) is 35.3 Å². The first-order valence-corrected chi connectivity index (χ1v) is 10.2. The van der Waals surface area contributed by atoms with Crippen LogP contribution in [-0.2, 0) is 13.0 Å². The lowest BCUT2D eigenvalue weighted by atomic mass is 10.00. The van der Waals surface area contributed by atoms with Crippen LogP contribution in [0, 0.1) is 6.92 Å². The van der Waals surface area contributed by atoms with Crippen molar-refractivity contribution in [2.75, 3.05) is 13.3 Å². The molecule has 0 amide bonds. The number of carbonyl (C=O) groups is 1. The number of hydrogen-bond donors (Lipinski definition) is 0. The van der Waals surface area contributed by atoms with Crippen LogP contribution in [0.15, 0.2) is 58.9 Å². The summed E-state index contributed by atoms with van der Waals surface area (Å²) in [7, 11) is 0. The van der Waals surface area contributed by atoms with Gasteiger partial charge in [0.15, 0.2) is 5.76 Å². The number of rotatable bonds is 4. The number of ether oxygens (including phenoxy) is 2. The first kappa shape index (κ1) is 19.0. The predicted molar refractivity (Wildman–Crippen MR) is 114 cm³/mol. The first-order valence-electron chi connectivity index (χ1n) is 9.82. The summed E-state index contributed by atoms with van der Waals surface area (Å²) < 4.78 is 17.2. The fraction of sp³-hybridized carbons (Fsp3) is 0.208. The van der Waals surface area contributed by atoms with Gasteiger partial charge in [-0.2, -0.15) is 0 Å². The highest BCUT2D eigenvalue weighted by Crippen LogP contribution is 2.43. The normalized spacial score (nSPS) is 16.9. The number of halogens is 1. The zero-order valence-corrected chi connectivity index (χ0v) is 17.2. The molecule has 0 fully saturated rings. The molecule has 30 heavy (non-hydrogen) atoms. The van der Waals surface area contributed by atoms with Crippen LogP contribution >= 0.6 is 11.6 Å². The molecule has 2 aromatic carbocycles. The summed E-state index contributed by atoms with van der Waals surface area (Å²) in [5.41, 5.74) is 3.67. The van der Waals surface area contributed by atoms with Crippen molar-refractivity contribution in [3.05, 3.63) is 87.5 Å². The zero-order chi connectivity index (χ0) is 20.7. The van der Waals surface area contributed by atoms with Gasteiger partial charge in [-0.25, -0.2) is 0 Å². The number of Topliss-reactive ketones (excluding diaryl/α,β-unsaturated/α-hetero) is 1. The van der Waals surface area contributed by atoms with E-state index in [2.05, 4.69) is 4.90 Å². The molecule has 0 N–H and O–H groups in total. The highest BCUT2D eigenvalue weighted by atomic mass is 35.5. The van der Waals surface area contributed by atoms with Crippen molar-refractivity contribution >= 4 is 23.5 Å². The molecule has 3 aromatic rings. The van der Waals surface area contributed by atoms with Crippen LogP contribution in [0.5, 0.6) is 11.5 Å². The van der Waals surface area contributed by atoms with Crippen LogP contribution in [0.4, 0.5) is 0 Å². The van der Waals surface area contributed by atoms with Crippen LogP contribution in [0.25, 0.3) is 6.08 Å². The molecule has 1 aromatic heterocycles. The van der Waals surface area contributed by atoms with E-state index < -0.39 is 0 Å². The second kappa shape index (κ2) is 7.67. The van der Waals surface area contributed by atoms with E-state index in [4.69, 9.17) is 25.5 Å². The van der Waals surface area contributed by atoms with Gasteiger partial charge in [0.05, 0.1) is 11.8 Å². The van der Waals surface area contributed by atoms with Crippen molar-refractivity contribution in [2.24, 2.45) is 0 Å². The van der Waals surface area contributed by atoms with Gasteiger partial charge >= 0.3 is 0 Å². The Morgan fingerprint density at radius 3 is 2.77 bits per heavy atom. The maximum atomic E-state index is 12.9. The lowest BCUT2D eigenvalue weighted by Crippen LogP contribution is -2.34. The molecule has 5 rings (SSSR count). The van der Waals surface area contributed by atoms with E-state index in [0.29, 0.717) is 23.8 Å². The van der Waals surface area contributed by atoms with Crippen molar-refractivity contribution in [1.82, 2.24) is 4.90 Å². The summed E-state index contributed by atoms with van der Waals surface area (Å²) >= 11 is 5.96. The molecular formula is C24H20ClNO4. The number of furan rings is 1. The van der Waals surface area contributed by atoms with Crippen molar-refractivity contribution in [2.45, 2.75) is 19.9 Å². The highest BCUT2D eigenvalue weighted by Gasteiger charge is 2.33. The van der Waals surface area contributed by atoms with E-state index >= 15 is 0 Å². The number of fused-ring (bicyclic) bond motifs is 2. The highest BCUT2D eigenvalue weighted by molar-refractivity contribution is 6.30. The van der Waals surface area contributed by atoms with E-state index in [9.17, 15) is 4.79 Å². The number of carbonyl (C=O) groups excluding carboxylic acids is 1. The van der Waals surface area contributed by atoms with E-state index in [1.165, 1.54) is 5.56 Å². The van der Waals surface area contributed by atoms with Gasteiger partial charge in [-0.1, -0.05) is 23.7 Å². The van der Waals surface area contributed by atoms with E-state index in [-0.39, 0.29) is 11.5 Å². The second-order valence-corrected chi connectivity index (χ2v) is 7.96. The number of nitrogens with zero attached hydrogens (tertiary/aromatic N) is 1. The summed E-state index contributed by atoms with van der Waals surface area (Å²) in [6.45, 7) is 4.01. The Bertz CT molecular complexity index is 1130. The SMILES string of the molecule is Cc1c2c(cc3c1O/C(=C\c1ccco1)C3=O)CN(CCc1ccc(Cl)cc1)CO2. The van der Waals surface area contributed by atoms with Crippen LogP contribution in [-0.4, -0.2) is 24.0 Å². The largest absolute Gasteiger partial charge is 0.477 e. The Morgan fingerprint density at radius 1 is 1.17 bits per heavy atom. The number of ketones is 1. The number of hydrogen-bond acceptors (Lipinski definition) is 5. The minimum Gasteiger partial charge on any atom is -0.477 e. The standard InChI is InChI=1S/C24H20ClNO4/c1-15-23-17(13-26(14-29-23)9-8-16-4-6-18(25)7-5-16)11-20-22(27)21(30-24(15)20)12-19-3-2-10-28-19/h2-7,10-12H,8-9,13-14H2,1H3/b21-12-. The number of allylic oxidation sites excluding steroid dienone is 1. The minimum absolute atomic E-state index is 0.134. The van der Waals surface area contributed by atoms with E-state index in [0.717, 1.165) is 41.4 Å². The lowest BCUT2D eigenvalue weighted by Gasteiger charge is -2.30. The van der Waals surface area contributed by atoms with Gasteiger partial charge in [-0.3, -0.25) is 9.69 Å². The Labute approximate surface area is 179 Å². The van der Waals surface area contributed by atoms with Crippen LogP contribution in [0.1, 0.15) is 32.8 Å². The van der Waals surface area contributed by atoms with E-state index in [1.54, 1.807) is 24.5 Å². The lowest BCUT2D eigenvalue weighted by molar-refractivity contribution is 0.0954. The maximum absolute atomic E-state index is 12.9. The molecule has 2 aliphatic heterocycles. The van der Waals surface area contributed by atoms with Gasteiger partial charge in [0.25, 0.3) is 0 Å². The third kappa shape index (κ3) is 3.51. The van der Waals surface area contributed by atoms with Gasteiger partial charge < -0.3 is 13.9 Å².